The second kappa shape index (κ2) is 9.82. The molecule has 3 aromatic heterocycles. The van der Waals surface area contributed by atoms with Gasteiger partial charge < -0.3 is 19.9 Å². The van der Waals surface area contributed by atoms with Crippen molar-refractivity contribution in [3.63, 3.8) is 0 Å². The Morgan fingerprint density at radius 1 is 1.11 bits per heavy atom. The van der Waals surface area contributed by atoms with Crippen LogP contribution in [-0.4, -0.2) is 70.3 Å². The summed E-state index contributed by atoms with van der Waals surface area (Å²) in [7, 11) is -3.28. The van der Waals surface area contributed by atoms with Gasteiger partial charge in [-0.05, 0) is 38.1 Å². The van der Waals surface area contributed by atoms with E-state index >= 15 is 4.39 Å². The van der Waals surface area contributed by atoms with E-state index in [0.717, 1.165) is 11.4 Å². The lowest BCUT2D eigenvalue weighted by atomic mass is 10.2. The van der Waals surface area contributed by atoms with Gasteiger partial charge in [0.15, 0.2) is 17.4 Å². The molecule has 194 valence electrons. The number of hydrogen-bond donors (Lipinski definition) is 3. The van der Waals surface area contributed by atoms with Gasteiger partial charge in [0.05, 0.1) is 11.9 Å². The molecule has 37 heavy (non-hydrogen) atoms. The van der Waals surface area contributed by atoms with Crippen molar-refractivity contribution < 1.29 is 17.5 Å². The smallest absolute Gasteiger partial charge is 0.326 e. The summed E-state index contributed by atoms with van der Waals surface area (Å²) in [5, 5.41) is 10.7. The summed E-state index contributed by atoms with van der Waals surface area (Å²) in [5.41, 5.74) is 2.31. The first-order chi connectivity index (χ1) is 17.7. The summed E-state index contributed by atoms with van der Waals surface area (Å²) in [5.74, 6) is 0.912. The van der Waals surface area contributed by atoms with Gasteiger partial charge in [0.2, 0.25) is 10.0 Å². The van der Waals surface area contributed by atoms with Crippen LogP contribution in [0.25, 0.3) is 17.0 Å². The number of sulfonamides is 1. The predicted molar refractivity (Wildman–Crippen MR) is 140 cm³/mol. The molecule has 0 amide bonds. The molecule has 1 aliphatic heterocycles. The fraction of sp³-hybridized carbons (Fsp3) is 0.292. The highest BCUT2D eigenvalue weighted by Crippen LogP contribution is 2.31. The Hall–Kier alpha value is -3.97. The van der Waals surface area contributed by atoms with Crippen molar-refractivity contribution >= 4 is 44.5 Å². The second-order valence-electron chi connectivity index (χ2n) is 8.77. The number of H-pyrrole nitrogens is 2. The van der Waals surface area contributed by atoms with Crippen LogP contribution in [0.4, 0.5) is 21.8 Å². The van der Waals surface area contributed by atoms with E-state index in [2.05, 4.69) is 30.5 Å². The molecule has 13 heteroatoms. The first-order valence-electron chi connectivity index (χ1n) is 11.7. The van der Waals surface area contributed by atoms with Crippen molar-refractivity contribution in [2.24, 2.45) is 0 Å². The highest BCUT2D eigenvalue weighted by molar-refractivity contribution is 7.88. The zero-order valence-electron chi connectivity index (χ0n) is 20.6. The number of nitrogens with one attached hydrogen (secondary N) is 3. The lowest BCUT2D eigenvalue weighted by Crippen LogP contribution is -2.48. The Bertz CT molecular complexity index is 1570. The van der Waals surface area contributed by atoms with Gasteiger partial charge in [0, 0.05) is 54.9 Å². The zero-order valence-corrected chi connectivity index (χ0v) is 21.4. The first-order valence-corrected chi connectivity index (χ1v) is 13.5. The Morgan fingerprint density at radius 2 is 1.89 bits per heavy atom. The van der Waals surface area contributed by atoms with Crippen LogP contribution in [0.5, 0.6) is 11.8 Å². The second-order valence-corrected chi connectivity index (χ2v) is 10.8. The molecule has 1 fully saturated rings. The normalized spacial score (nSPS) is 15.1. The van der Waals surface area contributed by atoms with Gasteiger partial charge in [-0.15, -0.1) is 0 Å². The number of allylic oxidation sites excluding steroid dienone is 1. The van der Waals surface area contributed by atoms with Gasteiger partial charge >= 0.3 is 6.01 Å². The van der Waals surface area contributed by atoms with Crippen LogP contribution in [-0.2, 0) is 10.0 Å². The van der Waals surface area contributed by atoms with Crippen LogP contribution in [0.1, 0.15) is 18.3 Å². The third-order valence-electron chi connectivity index (χ3n) is 5.96. The molecule has 4 aromatic rings. The van der Waals surface area contributed by atoms with Crippen molar-refractivity contribution in [1.29, 1.82) is 0 Å². The minimum atomic E-state index is -3.28. The lowest BCUT2D eigenvalue weighted by Gasteiger charge is -2.34. The summed E-state index contributed by atoms with van der Waals surface area (Å²) >= 11 is 0. The van der Waals surface area contributed by atoms with E-state index in [1.807, 2.05) is 37.0 Å². The number of ether oxygens (including phenoxy) is 1. The summed E-state index contributed by atoms with van der Waals surface area (Å²) in [4.78, 5) is 14.0. The zero-order chi connectivity index (χ0) is 26.2. The third kappa shape index (κ3) is 5.42. The molecule has 0 spiro atoms. The van der Waals surface area contributed by atoms with Gasteiger partial charge in [-0.25, -0.2) is 12.8 Å². The predicted octanol–water partition coefficient (Wildman–Crippen LogP) is 3.78. The minimum absolute atomic E-state index is 0.00775. The number of benzene rings is 1. The van der Waals surface area contributed by atoms with Crippen molar-refractivity contribution in [2.45, 2.75) is 13.8 Å². The minimum Gasteiger partial charge on any atom is -0.421 e. The van der Waals surface area contributed by atoms with E-state index in [-0.39, 0.29) is 11.8 Å². The van der Waals surface area contributed by atoms with E-state index < -0.39 is 15.8 Å². The average Bonchev–Trinajstić information content (AvgIpc) is 3.46. The molecular weight excluding hydrogens is 499 g/mol. The largest absolute Gasteiger partial charge is 0.421 e. The number of piperazine rings is 1. The number of nitrogens with zero attached hydrogens (tertiary/aromatic N) is 5. The number of hydrogen-bond acceptors (Lipinski definition) is 8. The van der Waals surface area contributed by atoms with E-state index in [1.165, 1.54) is 16.6 Å². The molecule has 0 atom stereocenters. The number of halogens is 1. The molecule has 1 saturated heterocycles. The Labute approximate surface area is 213 Å². The Balaban J connectivity index is 1.46. The highest BCUT2D eigenvalue weighted by Gasteiger charge is 2.25. The van der Waals surface area contributed by atoms with Gasteiger partial charge in [-0.2, -0.15) is 19.4 Å². The SMILES string of the molecule is C/C=C/c1cc(Nc2cc(N3CCN(S(C)(=O)=O)CC3)nc(Oc3ccc4[nH]c(C)cc4c3F)n2)n[nH]1. The fourth-order valence-corrected chi connectivity index (χ4v) is 5.02. The van der Waals surface area contributed by atoms with Gasteiger partial charge in [0.1, 0.15) is 11.6 Å². The van der Waals surface area contributed by atoms with Crippen LogP contribution in [0.2, 0.25) is 0 Å². The summed E-state index contributed by atoms with van der Waals surface area (Å²) < 4.78 is 46.3. The van der Waals surface area contributed by atoms with Crippen LogP contribution in [0.15, 0.2) is 36.4 Å². The van der Waals surface area contributed by atoms with Crippen molar-refractivity contribution in [1.82, 2.24) is 29.5 Å². The molecule has 0 radical (unpaired) electrons. The van der Waals surface area contributed by atoms with Crippen molar-refractivity contribution in [3.8, 4) is 11.8 Å². The van der Waals surface area contributed by atoms with Crippen molar-refractivity contribution in [2.75, 3.05) is 42.7 Å². The molecular formula is C24H27FN8O3S. The topological polar surface area (TPSA) is 132 Å². The highest BCUT2D eigenvalue weighted by atomic mass is 32.2. The molecule has 11 nitrogen and oxygen atoms in total. The van der Waals surface area contributed by atoms with Crippen LogP contribution in [0.3, 0.4) is 0 Å². The molecule has 0 saturated carbocycles. The monoisotopic (exact) mass is 526 g/mol. The Kier molecular flexibility index (Phi) is 6.56. The Morgan fingerprint density at radius 3 is 2.62 bits per heavy atom. The van der Waals surface area contributed by atoms with Crippen LogP contribution >= 0.6 is 0 Å². The van der Waals surface area contributed by atoms with E-state index in [0.29, 0.717) is 54.5 Å². The molecule has 4 heterocycles. The molecule has 3 N–H and O–H groups in total. The van der Waals surface area contributed by atoms with Gasteiger partial charge in [-0.3, -0.25) is 5.10 Å². The quantitative estimate of drug-likeness (QED) is 0.332. The van der Waals surface area contributed by atoms with Gasteiger partial charge in [-0.1, -0.05) is 6.08 Å². The third-order valence-corrected chi connectivity index (χ3v) is 7.27. The number of anilines is 3. The standard InChI is InChI=1S/C24H27FN8O3S/c1-4-5-16-13-21(31-30-16)27-20-14-22(32-8-10-33(11-9-32)37(3,34)35)29-24(28-20)36-19-7-6-18-17(23(19)25)12-15(2)26-18/h4-7,12-14,26H,8-11H2,1-3H3,(H2,27,28,29,30,31)/b5-4+. The van der Waals surface area contributed by atoms with E-state index in [4.69, 9.17) is 4.74 Å². The average molecular weight is 527 g/mol. The molecule has 0 aliphatic carbocycles. The molecule has 0 bridgehead atoms. The summed E-state index contributed by atoms with van der Waals surface area (Å²) in [6.45, 7) is 5.27. The number of fused-ring (bicyclic) bond motifs is 1. The molecule has 1 aromatic carbocycles. The number of rotatable bonds is 7. The van der Waals surface area contributed by atoms with E-state index in [1.54, 1.807) is 18.2 Å². The van der Waals surface area contributed by atoms with Gasteiger partial charge in [0.25, 0.3) is 0 Å². The lowest BCUT2D eigenvalue weighted by molar-refractivity contribution is 0.384. The summed E-state index contributed by atoms with van der Waals surface area (Å²) in [6, 6.07) is 8.46. The van der Waals surface area contributed by atoms with Crippen molar-refractivity contribution in [3.05, 3.63) is 53.6 Å². The van der Waals surface area contributed by atoms with Crippen LogP contribution < -0.4 is 15.0 Å². The van der Waals surface area contributed by atoms with E-state index in [9.17, 15) is 8.42 Å². The maximum atomic E-state index is 15.2. The first kappa shape index (κ1) is 24.7. The molecule has 5 rings (SSSR count). The number of aryl methyl sites for hydroxylation is 1. The van der Waals surface area contributed by atoms with Crippen LogP contribution in [0, 0.1) is 12.7 Å². The maximum Gasteiger partial charge on any atom is 0.326 e. The summed E-state index contributed by atoms with van der Waals surface area (Å²) in [6.07, 6.45) is 4.96. The fourth-order valence-electron chi connectivity index (χ4n) is 4.20. The number of aromatic amines is 2. The maximum absolute atomic E-state index is 15.2. The molecule has 0 unspecified atom stereocenters. The molecule has 1 aliphatic rings. The number of aromatic nitrogens is 5.